The highest BCUT2D eigenvalue weighted by Crippen LogP contribution is 2.32. The van der Waals surface area contributed by atoms with Gasteiger partial charge in [0.2, 0.25) is 0 Å². The van der Waals surface area contributed by atoms with Crippen molar-refractivity contribution in [1.82, 2.24) is 5.32 Å². The van der Waals surface area contributed by atoms with E-state index < -0.39 is 0 Å². The van der Waals surface area contributed by atoms with Crippen molar-refractivity contribution >= 4 is 23.2 Å². The van der Waals surface area contributed by atoms with Crippen molar-refractivity contribution in [3.8, 4) is 11.8 Å². The molecule has 0 fully saturated rings. The number of hydrogen-bond acceptors (Lipinski definition) is 3. The fourth-order valence-electron chi connectivity index (χ4n) is 1.33. The second kappa shape index (κ2) is 6.70. The zero-order valence-electron chi connectivity index (χ0n) is 9.76. The fraction of sp³-hybridized carbons (Fsp3) is 0.417. The standard InChI is InChI=1S/C12H14Cl2N2O/c1-8(2)16-7-9-5-10(13)6-11(14)12(9)17-4-3-15/h5-6,8,16H,4,7H2,1-2H3. The minimum Gasteiger partial charge on any atom is -0.477 e. The Morgan fingerprint density at radius 2 is 2.12 bits per heavy atom. The molecule has 0 atom stereocenters. The maximum absolute atomic E-state index is 8.52. The van der Waals surface area contributed by atoms with Crippen molar-refractivity contribution < 1.29 is 4.74 Å². The van der Waals surface area contributed by atoms with Crippen molar-refractivity contribution in [1.29, 1.82) is 5.26 Å². The van der Waals surface area contributed by atoms with Crippen LogP contribution in [0.4, 0.5) is 0 Å². The molecule has 92 valence electrons. The van der Waals surface area contributed by atoms with Crippen LogP contribution in [0.5, 0.6) is 5.75 Å². The summed E-state index contributed by atoms with van der Waals surface area (Å²) in [6, 6.07) is 5.65. The summed E-state index contributed by atoms with van der Waals surface area (Å²) < 4.78 is 5.31. The molecule has 0 aliphatic heterocycles. The van der Waals surface area contributed by atoms with E-state index in [1.54, 1.807) is 12.1 Å². The quantitative estimate of drug-likeness (QED) is 0.894. The van der Waals surface area contributed by atoms with E-state index in [4.69, 9.17) is 33.2 Å². The molecule has 0 unspecified atom stereocenters. The Bertz CT molecular complexity index is 427. The third kappa shape index (κ3) is 4.43. The van der Waals surface area contributed by atoms with Gasteiger partial charge in [-0.25, -0.2) is 0 Å². The van der Waals surface area contributed by atoms with Crippen LogP contribution in [-0.2, 0) is 6.54 Å². The topological polar surface area (TPSA) is 45.0 Å². The number of nitrogens with zero attached hydrogens (tertiary/aromatic N) is 1. The second-order valence-corrected chi connectivity index (χ2v) is 4.70. The van der Waals surface area contributed by atoms with Gasteiger partial charge in [0.05, 0.1) is 5.02 Å². The van der Waals surface area contributed by atoms with E-state index in [1.807, 2.05) is 19.9 Å². The Kier molecular flexibility index (Phi) is 5.57. The van der Waals surface area contributed by atoms with Gasteiger partial charge in [0.25, 0.3) is 0 Å². The van der Waals surface area contributed by atoms with Gasteiger partial charge in [-0.2, -0.15) is 5.26 Å². The summed E-state index contributed by atoms with van der Waals surface area (Å²) in [6.07, 6.45) is 0. The lowest BCUT2D eigenvalue weighted by Gasteiger charge is -2.14. The summed E-state index contributed by atoms with van der Waals surface area (Å²) >= 11 is 12.0. The molecule has 3 nitrogen and oxygen atoms in total. The summed E-state index contributed by atoms with van der Waals surface area (Å²) in [5.41, 5.74) is 0.853. The molecule has 0 saturated heterocycles. The molecule has 0 heterocycles. The van der Waals surface area contributed by atoms with Crippen LogP contribution in [0.2, 0.25) is 10.0 Å². The first-order valence-corrected chi connectivity index (χ1v) is 6.01. The number of rotatable bonds is 5. The largest absolute Gasteiger partial charge is 0.477 e. The summed E-state index contributed by atoms with van der Waals surface area (Å²) in [6.45, 7) is 4.65. The molecule has 0 aliphatic carbocycles. The van der Waals surface area contributed by atoms with Crippen molar-refractivity contribution in [3.05, 3.63) is 27.7 Å². The van der Waals surface area contributed by atoms with Gasteiger partial charge in [0.1, 0.15) is 11.8 Å². The zero-order valence-corrected chi connectivity index (χ0v) is 11.3. The van der Waals surface area contributed by atoms with E-state index in [0.717, 1.165) is 5.56 Å². The van der Waals surface area contributed by atoms with E-state index in [9.17, 15) is 0 Å². The number of hydrogen-bond donors (Lipinski definition) is 1. The Morgan fingerprint density at radius 3 is 2.71 bits per heavy atom. The zero-order chi connectivity index (χ0) is 12.8. The van der Waals surface area contributed by atoms with E-state index in [-0.39, 0.29) is 6.61 Å². The summed E-state index contributed by atoms with van der Waals surface area (Å²) in [5, 5.41) is 12.8. The first-order valence-electron chi connectivity index (χ1n) is 5.25. The molecular formula is C12H14Cl2N2O. The van der Waals surface area contributed by atoms with Crippen molar-refractivity contribution in [2.75, 3.05) is 6.61 Å². The van der Waals surface area contributed by atoms with Gasteiger partial charge in [-0.05, 0) is 12.1 Å². The lowest BCUT2D eigenvalue weighted by molar-refractivity contribution is 0.362. The molecular weight excluding hydrogens is 259 g/mol. The molecule has 17 heavy (non-hydrogen) atoms. The van der Waals surface area contributed by atoms with Crippen LogP contribution in [0, 0.1) is 11.3 Å². The van der Waals surface area contributed by atoms with Gasteiger partial charge in [-0.1, -0.05) is 37.0 Å². The van der Waals surface area contributed by atoms with Crippen molar-refractivity contribution in [2.45, 2.75) is 26.4 Å². The average molecular weight is 273 g/mol. The summed E-state index contributed by atoms with van der Waals surface area (Å²) in [4.78, 5) is 0. The molecule has 5 heteroatoms. The van der Waals surface area contributed by atoms with Gasteiger partial charge in [0, 0.05) is 23.2 Å². The number of nitriles is 1. The molecule has 0 bridgehead atoms. The van der Waals surface area contributed by atoms with Gasteiger partial charge >= 0.3 is 0 Å². The summed E-state index contributed by atoms with van der Waals surface area (Å²) in [5.74, 6) is 0.519. The highest BCUT2D eigenvalue weighted by atomic mass is 35.5. The normalized spacial score (nSPS) is 10.4. The number of benzene rings is 1. The van der Waals surface area contributed by atoms with Crippen LogP contribution in [0.3, 0.4) is 0 Å². The maximum Gasteiger partial charge on any atom is 0.174 e. The highest BCUT2D eigenvalue weighted by molar-refractivity contribution is 6.35. The van der Waals surface area contributed by atoms with Gasteiger partial charge < -0.3 is 10.1 Å². The molecule has 1 aromatic rings. The Morgan fingerprint density at radius 1 is 1.41 bits per heavy atom. The van der Waals surface area contributed by atoms with Crippen LogP contribution < -0.4 is 10.1 Å². The van der Waals surface area contributed by atoms with E-state index in [0.29, 0.717) is 28.4 Å². The lowest BCUT2D eigenvalue weighted by Crippen LogP contribution is -2.22. The molecule has 0 aliphatic rings. The summed E-state index contributed by atoms with van der Waals surface area (Å²) in [7, 11) is 0. The average Bonchev–Trinajstić information content (AvgIpc) is 2.24. The first-order chi connectivity index (χ1) is 8.04. The molecule has 1 aromatic carbocycles. The van der Waals surface area contributed by atoms with E-state index >= 15 is 0 Å². The predicted octanol–water partition coefficient (Wildman–Crippen LogP) is 3.39. The van der Waals surface area contributed by atoms with Crippen LogP contribution in [0.15, 0.2) is 12.1 Å². The van der Waals surface area contributed by atoms with Gasteiger partial charge in [-0.15, -0.1) is 0 Å². The molecule has 0 saturated carbocycles. The molecule has 0 radical (unpaired) electrons. The minimum absolute atomic E-state index is 0.0317. The fourth-order valence-corrected chi connectivity index (χ4v) is 1.92. The van der Waals surface area contributed by atoms with Crippen LogP contribution in [0.1, 0.15) is 19.4 Å². The third-order valence-electron chi connectivity index (χ3n) is 2.07. The monoisotopic (exact) mass is 272 g/mol. The van der Waals surface area contributed by atoms with Crippen molar-refractivity contribution in [3.63, 3.8) is 0 Å². The number of ether oxygens (including phenoxy) is 1. The molecule has 0 aromatic heterocycles. The van der Waals surface area contributed by atoms with E-state index in [2.05, 4.69) is 5.32 Å². The Hall–Kier alpha value is -0.950. The van der Waals surface area contributed by atoms with Crippen LogP contribution in [-0.4, -0.2) is 12.6 Å². The minimum atomic E-state index is -0.0317. The third-order valence-corrected chi connectivity index (χ3v) is 2.57. The SMILES string of the molecule is CC(C)NCc1cc(Cl)cc(Cl)c1OCC#N. The molecule has 1 N–H and O–H groups in total. The molecule has 0 spiro atoms. The Balaban J connectivity index is 2.94. The maximum atomic E-state index is 8.52. The highest BCUT2D eigenvalue weighted by Gasteiger charge is 2.11. The number of nitrogens with one attached hydrogen (secondary N) is 1. The second-order valence-electron chi connectivity index (χ2n) is 3.86. The number of halogens is 2. The van der Waals surface area contributed by atoms with E-state index in [1.165, 1.54) is 0 Å². The molecule has 0 amide bonds. The smallest absolute Gasteiger partial charge is 0.174 e. The van der Waals surface area contributed by atoms with Crippen molar-refractivity contribution in [2.24, 2.45) is 0 Å². The Labute approximate surface area is 111 Å². The van der Waals surface area contributed by atoms with Crippen LogP contribution >= 0.6 is 23.2 Å². The van der Waals surface area contributed by atoms with Crippen LogP contribution in [0.25, 0.3) is 0 Å². The first kappa shape index (κ1) is 14.1. The molecule has 1 rings (SSSR count). The van der Waals surface area contributed by atoms with Gasteiger partial charge in [0.15, 0.2) is 6.61 Å². The lowest BCUT2D eigenvalue weighted by atomic mass is 10.2. The predicted molar refractivity (Wildman–Crippen MR) is 69.5 cm³/mol. The van der Waals surface area contributed by atoms with Gasteiger partial charge in [-0.3, -0.25) is 0 Å².